The van der Waals surface area contributed by atoms with E-state index in [4.69, 9.17) is 19.4 Å². The minimum atomic E-state index is -1.88. The van der Waals surface area contributed by atoms with Crippen LogP contribution in [-0.2, 0) is 18.0 Å². The molecule has 1 aromatic heterocycles. The molecule has 2 aromatic rings. The van der Waals surface area contributed by atoms with Crippen LogP contribution in [0.5, 0.6) is 5.75 Å². The van der Waals surface area contributed by atoms with Crippen LogP contribution >= 0.6 is 0 Å². The van der Waals surface area contributed by atoms with E-state index in [1.165, 1.54) is 0 Å². The smallest absolute Gasteiger partial charge is 0.509 e. The molecule has 0 atom stereocenters. The number of ether oxygens (including phenoxy) is 1. The highest BCUT2D eigenvalue weighted by molar-refractivity contribution is 6.33. The van der Waals surface area contributed by atoms with Crippen molar-refractivity contribution < 1.29 is 19.4 Å². The second-order valence-electron chi connectivity index (χ2n) is 4.56. The molecule has 110 valence electrons. The van der Waals surface area contributed by atoms with Gasteiger partial charge in [0.15, 0.2) is 5.82 Å². The first-order valence-corrected chi connectivity index (χ1v) is 6.55. The number of hydrogen-bond donors (Lipinski definition) is 2. The van der Waals surface area contributed by atoms with Crippen molar-refractivity contribution in [3.05, 3.63) is 53.1 Å². The minimum Gasteiger partial charge on any atom is -0.509 e. The molecule has 0 amide bonds. The molecule has 0 spiro atoms. The van der Waals surface area contributed by atoms with Gasteiger partial charge in [0.2, 0.25) is 0 Å². The predicted octanol–water partition coefficient (Wildman–Crippen LogP) is 1.16. The second kappa shape index (κ2) is 7.17. The quantitative estimate of drug-likeness (QED) is 0.776. The van der Waals surface area contributed by atoms with Gasteiger partial charge in [0.05, 0.1) is 18.0 Å². The molecule has 1 heterocycles. The Labute approximate surface area is 123 Å². The SMILES string of the molecule is Cc1nc(COCc2ccccc2)nc(C)c1OB(O)O. The van der Waals surface area contributed by atoms with Gasteiger partial charge in [0, 0.05) is 0 Å². The molecule has 0 bridgehead atoms. The zero-order valence-electron chi connectivity index (χ0n) is 12.0. The molecule has 21 heavy (non-hydrogen) atoms. The fourth-order valence-electron chi connectivity index (χ4n) is 1.95. The monoisotopic (exact) mass is 288 g/mol. The zero-order valence-corrected chi connectivity index (χ0v) is 12.0. The highest BCUT2D eigenvalue weighted by Gasteiger charge is 2.17. The molecule has 0 saturated carbocycles. The van der Waals surface area contributed by atoms with E-state index < -0.39 is 7.32 Å². The molecule has 7 heteroatoms. The standard InChI is InChI=1S/C14H17BN2O4/c1-10-14(21-15(18)19)11(2)17-13(16-10)9-20-8-12-6-4-3-5-7-12/h3-7,18-19H,8-9H2,1-2H3. The molecule has 0 radical (unpaired) electrons. The number of aryl methyl sites for hydroxylation is 2. The average molecular weight is 288 g/mol. The van der Waals surface area contributed by atoms with Gasteiger partial charge in [-0.25, -0.2) is 9.97 Å². The van der Waals surface area contributed by atoms with Crippen LogP contribution in [0, 0.1) is 13.8 Å². The Kier molecular flexibility index (Phi) is 5.27. The summed E-state index contributed by atoms with van der Waals surface area (Å²) in [7, 11) is -1.88. The molecule has 0 unspecified atom stereocenters. The molecule has 0 fully saturated rings. The lowest BCUT2D eigenvalue weighted by molar-refractivity contribution is 0.101. The molecule has 0 aliphatic carbocycles. The van der Waals surface area contributed by atoms with Gasteiger partial charge in [-0.1, -0.05) is 30.3 Å². The first-order valence-electron chi connectivity index (χ1n) is 6.55. The summed E-state index contributed by atoms with van der Waals surface area (Å²) in [5.74, 6) is 0.803. The topological polar surface area (TPSA) is 84.7 Å². The summed E-state index contributed by atoms with van der Waals surface area (Å²) in [5, 5.41) is 17.7. The Morgan fingerprint density at radius 1 is 1.00 bits per heavy atom. The van der Waals surface area contributed by atoms with Crippen molar-refractivity contribution in [2.75, 3.05) is 0 Å². The lowest BCUT2D eigenvalue weighted by Crippen LogP contribution is -2.22. The van der Waals surface area contributed by atoms with Crippen molar-refractivity contribution in [1.29, 1.82) is 0 Å². The van der Waals surface area contributed by atoms with Crippen LogP contribution in [0.1, 0.15) is 22.8 Å². The van der Waals surface area contributed by atoms with Crippen molar-refractivity contribution in [2.45, 2.75) is 27.1 Å². The third-order valence-corrected chi connectivity index (χ3v) is 2.82. The van der Waals surface area contributed by atoms with E-state index in [1.807, 2.05) is 30.3 Å². The van der Waals surface area contributed by atoms with Crippen LogP contribution in [0.15, 0.2) is 30.3 Å². The zero-order chi connectivity index (χ0) is 15.2. The normalized spacial score (nSPS) is 10.5. The molecule has 2 N–H and O–H groups in total. The van der Waals surface area contributed by atoms with Crippen LogP contribution in [0.2, 0.25) is 0 Å². The molecular weight excluding hydrogens is 271 g/mol. The maximum atomic E-state index is 8.84. The average Bonchev–Trinajstić information content (AvgIpc) is 2.44. The van der Waals surface area contributed by atoms with E-state index in [2.05, 4.69) is 9.97 Å². The Morgan fingerprint density at radius 3 is 2.19 bits per heavy atom. The summed E-state index contributed by atoms with van der Waals surface area (Å²) in [6.07, 6.45) is 0. The predicted molar refractivity (Wildman–Crippen MR) is 77.3 cm³/mol. The highest BCUT2D eigenvalue weighted by Crippen LogP contribution is 2.20. The van der Waals surface area contributed by atoms with E-state index in [0.29, 0.717) is 23.8 Å². The van der Waals surface area contributed by atoms with Gasteiger partial charge in [-0.3, -0.25) is 0 Å². The van der Waals surface area contributed by atoms with Crippen molar-refractivity contribution in [1.82, 2.24) is 9.97 Å². The highest BCUT2D eigenvalue weighted by atomic mass is 16.6. The van der Waals surface area contributed by atoms with Crippen LogP contribution in [0.4, 0.5) is 0 Å². The minimum absolute atomic E-state index is 0.275. The van der Waals surface area contributed by atoms with Gasteiger partial charge in [-0.15, -0.1) is 0 Å². The van der Waals surface area contributed by atoms with E-state index >= 15 is 0 Å². The van der Waals surface area contributed by atoms with E-state index in [-0.39, 0.29) is 12.4 Å². The van der Waals surface area contributed by atoms with E-state index in [1.54, 1.807) is 13.8 Å². The van der Waals surface area contributed by atoms with Gasteiger partial charge in [0.1, 0.15) is 12.4 Å². The summed E-state index contributed by atoms with van der Waals surface area (Å²) in [5.41, 5.74) is 2.15. The maximum absolute atomic E-state index is 8.84. The van der Waals surface area contributed by atoms with E-state index in [9.17, 15) is 0 Å². The largest absolute Gasteiger partial charge is 0.707 e. The molecule has 0 saturated heterocycles. The Morgan fingerprint density at radius 2 is 1.62 bits per heavy atom. The molecule has 1 aromatic carbocycles. The van der Waals surface area contributed by atoms with Crippen molar-refractivity contribution >= 4 is 7.32 Å². The molecular formula is C14H17BN2O4. The third-order valence-electron chi connectivity index (χ3n) is 2.82. The summed E-state index contributed by atoms with van der Waals surface area (Å²) in [6.45, 7) is 4.19. The van der Waals surface area contributed by atoms with Crippen molar-refractivity contribution in [3.8, 4) is 5.75 Å². The lowest BCUT2D eigenvalue weighted by Gasteiger charge is -2.12. The molecule has 0 aliphatic heterocycles. The van der Waals surface area contributed by atoms with Crippen LogP contribution in [0.25, 0.3) is 0 Å². The van der Waals surface area contributed by atoms with E-state index in [0.717, 1.165) is 5.56 Å². The third kappa shape index (κ3) is 4.52. The number of benzene rings is 1. The first kappa shape index (κ1) is 15.4. The van der Waals surface area contributed by atoms with Gasteiger partial charge in [-0.05, 0) is 19.4 Å². The Hall–Kier alpha value is -1.96. The molecule has 2 rings (SSSR count). The number of aromatic nitrogens is 2. The van der Waals surface area contributed by atoms with Gasteiger partial charge < -0.3 is 19.4 Å². The molecule has 6 nitrogen and oxygen atoms in total. The maximum Gasteiger partial charge on any atom is 0.707 e. The van der Waals surface area contributed by atoms with Gasteiger partial charge in [0.25, 0.3) is 0 Å². The second-order valence-corrected chi connectivity index (χ2v) is 4.56. The lowest BCUT2D eigenvalue weighted by atomic mass is 10.2. The summed E-state index contributed by atoms with van der Waals surface area (Å²) in [6, 6.07) is 9.83. The number of nitrogens with zero attached hydrogens (tertiary/aromatic N) is 2. The van der Waals surface area contributed by atoms with Crippen LogP contribution in [-0.4, -0.2) is 27.3 Å². The summed E-state index contributed by atoms with van der Waals surface area (Å²) in [4.78, 5) is 8.47. The first-order chi connectivity index (χ1) is 10.1. The summed E-state index contributed by atoms with van der Waals surface area (Å²) >= 11 is 0. The van der Waals surface area contributed by atoms with Crippen molar-refractivity contribution in [2.24, 2.45) is 0 Å². The van der Waals surface area contributed by atoms with Gasteiger partial charge in [-0.2, -0.15) is 0 Å². The number of rotatable bonds is 6. The van der Waals surface area contributed by atoms with Gasteiger partial charge >= 0.3 is 7.32 Å². The number of hydrogen-bond acceptors (Lipinski definition) is 6. The fourth-order valence-corrected chi connectivity index (χ4v) is 1.95. The summed E-state index contributed by atoms with van der Waals surface area (Å²) < 4.78 is 10.4. The Bertz CT molecular complexity index is 570. The fraction of sp³-hybridized carbons (Fsp3) is 0.286. The van der Waals surface area contributed by atoms with Crippen LogP contribution in [0.3, 0.4) is 0 Å². The van der Waals surface area contributed by atoms with Crippen LogP contribution < -0.4 is 4.65 Å². The van der Waals surface area contributed by atoms with Crippen molar-refractivity contribution in [3.63, 3.8) is 0 Å². The molecule has 0 aliphatic rings. The Balaban J connectivity index is 1.98.